The SMILES string of the molecule is CC(C)NCC(O)Cn1c2ccccc2c2cc(Cl)ccc21. The zero-order valence-corrected chi connectivity index (χ0v) is 13.6. The molecule has 0 aliphatic rings. The van der Waals surface area contributed by atoms with Gasteiger partial charge in [0, 0.05) is 39.4 Å². The highest BCUT2D eigenvalue weighted by Gasteiger charge is 2.14. The summed E-state index contributed by atoms with van der Waals surface area (Å²) in [4.78, 5) is 0. The van der Waals surface area contributed by atoms with E-state index in [1.165, 1.54) is 5.39 Å². The summed E-state index contributed by atoms with van der Waals surface area (Å²) in [5.41, 5.74) is 2.23. The number of aliphatic hydroxyl groups excluding tert-OH is 1. The molecule has 0 bridgehead atoms. The molecule has 2 aromatic carbocycles. The van der Waals surface area contributed by atoms with Crippen LogP contribution in [0.15, 0.2) is 42.5 Å². The lowest BCUT2D eigenvalue weighted by Crippen LogP contribution is -2.34. The van der Waals surface area contributed by atoms with Crippen molar-refractivity contribution in [2.24, 2.45) is 0 Å². The number of aliphatic hydroxyl groups is 1. The van der Waals surface area contributed by atoms with Crippen molar-refractivity contribution in [1.82, 2.24) is 9.88 Å². The molecule has 1 atom stereocenters. The van der Waals surface area contributed by atoms with E-state index in [0.29, 0.717) is 19.1 Å². The summed E-state index contributed by atoms with van der Waals surface area (Å²) >= 11 is 6.15. The van der Waals surface area contributed by atoms with Gasteiger partial charge in [0.1, 0.15) is 0 Å². The highest BCUT2D eigenvalue weighted by molar-refractivity contribution is 6.31. The molecular weight excluding hydrogens is 296 g/mol. The highest BCUT2D eigenvalue weighted by Crippen LogP contribution is 2.31. The molecule has 2 N–H and O–H groups in total. The van der Waals surface area contributed by atoms with Gasteiger partial charge in [-0.05, 0) is 24.3 Å². The molecule has 0 saturated heterocycles. The Hall–Kier alpha value is -1.55. The summed E-state index contributed by atoms with van der Waals surface area (Å²) in [5.74, 6) is 0. The van der Waals surface area contributed by atoms with E-state index in [9.17, 15) is 5.11 Å². The van der Waals surface area contributed by atoms with Crippen LogP contribution in [0.4, 0.5) is 0 Å². The van der Waals surface area contributed by atoms with Crippen LogP contribution in [0.2, 0.25) is 5.02 Å². The van der Waals surface area contributed by atoms with Crippen LogP contribution in [0.25, 0.3) is 21.8 Å². The maximum atomic E-state index is 10.3. The number of benzene rings is 2. The quantitative estimate of drug-likeness (QED) is 0.751. The van der Waals surface area contributed by atoms with Gasteiger partial charge in [-0.15, -0.1) is 0 Å². The van der Waals surface area contributed by atoms with Gasteiger partial charge < -0.3 is 15.0 Å². The largest absolute Gasteiger partial charge is 0.390 e. The normalized spacial score (nSPS) is 13.3. The van der Waals surface area contributed by atoms with Gasteiger partial charge in [-0.25, -0.2) is 0 Å². The standard InChI is InChI=1S/C18H21ClN2O/c1-12(2)20-10-14(22)11-21-17-6-4-3-5-15(17)16-9-13(19)7-8-18(16)21/h3-9,12,14,20,22H,10-11H2,1-2H3. The van der Waals surface area contributed by atoms with Crippen molar-refractivity contribution in [3.05, 3.63) is 47.5 Å². The Morgan fingerprint density at radius 2 is 1.82 bits per heavy atom. The first-order valence-corrected chi connectivity index (χ1v) is 8.02. The van der Waals surface area contributed by atoms with E-state index < -0.39 is 6.10 Å². The lowest BCUT2D eigenvalue weighted by molar-refractivity contribution is 0.151. The fourth-order valence-corrected chi connectivity index (χ4v) is 3.04. The number of nitrogens with zero attached hydrogens (tertiary/aromatic N) is 1. The second-order valence-electron chi connectivity index (χ2n) is 6.01. The Bertz CT molecular complexity index is 794. The molecule has 0 saturated carbocycles. The number of rotatable bonds is 5. The number of nitrogens with one attached hydrogen (secondary N) is 1. The van der Waals surface area contributed by atoms with Gasteiger partial charge in [-0.3, -0.25) is 0 Å². The van der Waals surface area contributed by atoms with Crippen molar-refractivity contribution < 1.29 is 5.11 Å². The maximum absolute atomic E-state index is 10.3. The van der Waals surface area contributed by atoms with Gasteiger partial charge in [0.05, 0.1) is 12.6 Å². The average Bonchev–Trinajstić information content (AvgIpc) is 2.79. The molecule has 0 amide bonds. The molecular formula is C18H21ClN2O. The van der Waals surface area contributed by atoms with Gasteiger partial charge >= 0.3 is 0 Å². The van der Waals surface area contributed by atoms with Gasteiger partial charge in [0.15, 0.2) is 0 Å². The fraction of sp³-hybridized carbons (Fsp3) is 0.333. The number of fused-ring (bicyclic) bond motifs is 3. The molecule has 0 fully saturated rings. The molecule has 3 aromatic rings. The van der Waals surface area contributed by atoms with Crippen LogP contribution in [0.3, 0.4) is 0 Å². The monoisotopic (exact) mass is 316 g/mol. The van der Waals surface area contributed by atoms with Crippen LogP contribution in [-0.2, 0) is 6.54 Å². The second-order valence-corrected chi connectivity index (χ2v) is 6.44. The minimum atomic E-state index is -0.433. The van der Waals surface area contributed by atoms with E-state index in [1.807, 2.05) is 30.3 Å². The smallest absolute Gasteiger partial charge is 0.0843 e. The number of aromatic nitrogens is 1. The van der Waals surface area contributed by atoms with Crippen LogP contribution in [0.5, 0.6) is 0 Å². The Kier molecular flexibility index (Phi) is 4.39. The van der Waals surface area contributed by atoms with E-state index in [-0.39, 0.29) is 0 Å². The molecule has 0 aliphatic carbocycles. The number of para-hydroxylation sites is 1. The Morgan fingerprint density at radius 3 is 2.59 bits per heavy atom. The van der Waals surface area contributed by atoms with Crippen molar-refractivity contribution >= 4 is 33.4 Å². The molecule has 3 rings (SSSR count). The lowest BCUT2D eigenvalue weighted by Gasteiger charge is -2.16. The zero-order chi connectivity index (χ0) is 15.7. The molecule has 3 nitrogen and oxygen atoms in total. The van der Waals surface area contributed by atoms with E-state index in [0.717, 1.165) is 21.4 Å². The first kappa shape index (κ1) is 15.3. The summed E-state index contributed by atoms with van der Waals surface area (Å²) in [7, 11) is 0. The minimum absolute atomic E-state index is 0.367. The molecule has 22 heavy (non-hydrogen) atoms. The fourth-order valence-electron chi connectivity index (χ4n) is 2.87. The molecule has 0 aliphatic heterocycles. The van der Waals surface area contributed by atoms with E-state index in [4.69, 9.17) is 11.6 Å². The summed E-state index contributed by atoms with van der Waals surface area (Å²) in [6.07, 6.45) is -0.433. The predicted molar refractivity (Wildman–Crippen MR) is 93.6 cm³/mol. The van der Waals surface area contributed by atoms with Crippen LogP contribution >= 0.6 is 11.6 Å². The third kappa shape index (κ3) is 2.98. The molecule has 4 heteroatoms. The average molecular weight is 317 g/mol. The van der Waals surface area contributed by atoms with E-state index in [2.05, 4.69) is 35.9 Å². The topological polar surface area (TPSA) is 37.2 Å². The summed E-state index contributed by atoms with van der Waals surface area (Å²) < 4.78 is 2.17. The third-order valence-corrected chi connectivity index (χ3v) is 4.12. The summed E-state index contributed by atoms with van der Waals surface area (Å²) in [5, 5.41) is 16.6. The van der Waals surface area contributed by atoms with Crippen molar-refractivity contribution in [3.8, 4) is 0 Å². The van der Waals surface area contributed by atoms with Gasteiger partial charge in [0.2, 0.25) is 0 Å². The van der Waals surface area contributed by atoms with Crippen LogP contribution in [0.1, 0.15) is 13.8 Å². The summed E-state index contributed by atoms with van der Waals surface area (Å²) in [6, 6.07) is 14.5. The van der Waals surface area contributed by atoms with Crippen molar-refractivity contribution in [3.63, 3.8) is 0 Å². The molecule has 0 spiro atoms. The van der Waals surface area contributed by atoms with Crippen LogP contribution in [0, 0.1) is 0 Å². The number of halogens is 1. The first-order chi connectivity index (χ1) is 10.6. The van der Waals surface area contributed by atoms with Crippen molar-refractivity contribution in [2.75, 3.05) is 6.54 Å². The molecule has 0 radical (unpaired) electrons. The Balaban J connectivity index is 2.03. The molecule has 1 aromatic heterocycles. The van der Waals surface area contributed by atoms with Gasteiger partial charge in [-0.2, -0.15) is 0 Å². The number of hydrogen-bond donors (Lipinski definition) is 2. The second kappa shape index (κ2) is 6.29. The van der Waals surface area contributed by atoms with E-state index in [1.54, 1.807) is 0 Å². The maximum Gasteiger partial charge on any atom is 0.0843 e. The van der Waals surface area contributed by atoms with Gasteiger partial charge in [0.25, 0.3) is 0 Å². The first-order valence-electron chi connectivity index (χ1n) is 7.64. The number of hydrogen-bond acceptors (Lipinski definition) is 2. The lowest BCUT2D eigenvalue weighted by atomic mass is 10.2. The van der Waals surface area contributed by atoms with Crippen LogP contribution in [-0.4, -0.2) is 28.4 Å². The van der Waals surface area contributed by atoms with Crippen LogP contribution < -0.4 is 5.32 Å². The van der Waals surface area contributed by atoms with Crippen molar-refractivity contribution in [1.29, 1.82) is 0 Å². The molecule has 1 unspecified atom stereocenters. The van der Waals surface area contributed by atoms with Gasteiger partial charge in [-0.1, -0.05) is 43.6 Å². The Labute approximate surface area is 135 Å². The zero-order valence-electron chi connectivity index (χ0n) is 12.9. The van der Waals surface area contributed by atoms with E-state index >= 15 is 0 Å². The molecule has 1 heterocycles. The van der Waals surface area contributed by atoms with Crippen molar-refractivity contribution in [2.45, 2.75) is 32.5 Å². The summed E-state index contributed by atoms with van der Waals surface area (Å²) in [6.45, 7) is 5.30. The minimum Gasteiger partial charge on any atom is -0.390 e. The predicted octanol–water partition coefficient (Wildman–Crippen LogP) is 3.81. The third-order valence-electron chi connectivity index (χ3n) is 3.89. The Morgan fingerprint density at radius 1 is 1.09 bits per heavy atom. The molecule has 116 valence electrons. The highest BCUT2D eigenvalue weighted by atomic mass is 35.5.